The van der Waals surface area contributed by atoms with Gasteiger partial charge in [-0.2, -0.15) is 8.42 Å². The van der Waals surface area contributed by atoms with Crippen molar-refractivity contribution in [2.75, 3.05) is 12.5 Å². The Morgan fingerprint density at radius 3 is 2.05 bits per heavy atom. The van der Waals surface area contributed by atoms with E-state index in [0.717, 1.165) is 6.07 Å². The Labute approximate surface area is 145 Å². The van der Waals surface area contributed by atoms with Gasteiger partial charge in [-0.1, -0.05) is 6.07 Å². The van der Waals surface area contributed by atoms with Crippen LogP contribution >= 0.6 is 11.6 Å². The van der Waals surface area contributed by atoms with Crippen LogP contribution in [0.2, 0.25) is 0 Å². The summed E-state index contributed by atoms with van der Waals surface area (Å²) in [6, 6.07) is 2.12. The molecule has 20 heavy (non-hydrogen) atoms. The molecule has 0 spiro atoms. The van der Waals surface area contributed by atoms with Gasteiger partial charge >= 0.3 is 29.6 Å². The second-order valence-electron chi connectivity index (χ2n) is 3.80. The molecular weight excluding hydrogens is 339 g/mol. The maximum absolute atomic E-state index is 11.8. The number of halogens is 1. The average molecular weight is 351 g/mol. The zero-order valence-electron chi connectivity index (χ0n) is 11.2. The fourth-order valence-corrected chi connectivity index (χ4v) is 3.66. The number of benzene rings is 1. The van der Waals surface area contributed by atoms with Crippen LogP contribution in [0.1, 0.15) is 11.1 Å². The molecule has 10 heteroatoms. The fourth-order valence-electron chi connectivity index (χ4n) is 1.56. The van der Waals surface area contributed by atoms with Crippen LogP contribution in [-0.4, -0.2) is 33.9 Å². The quantitative estimate of drug-likeness (QED) is 0.267. The van der Waals surface area contributed by atoms with Crippen molar-refractivity contribution in [3.05, 3.63) is 23.3 Å². The molecular formula is C10H12ClNaO6S2. The minimum Gasteiger partial charge on any atom is -0.744 e. The molecule has 108 valence electrons. The first-order valence-electron chi connectivity index (χ1n) is 5.12. The van der Waals surface area contributed by atoms with E-state index in [1.807, 2.05) is 0 Å². The minimum absolute atomic E-state index is 0. The summed E-state index contributed by atoms with van der Waals surface area (Å²) in [6.07, 6.45) is 0. The molecule has 0 heterocycles. The van der Waals surface area contributed by atoms with Crippen LogP contribution in [-0.2, 0) is 24.4 Å². The molecule has 0 N–H and O–H groups in total. The van der Waals surface area contributed by atoms with Crippen LogP contribution in [0, 0.1) is 13.8 Å². The normalized spacial score (nSPS) is 12.0. The topological polar surface area (TPSA) is 101 Å². The maximum Gasteiger partial charge on any atom is 1.00 e. The van der Waals surface area contributed by atoms with Gasteiger partial charge in [-0.15, -0.1) is 11.6 Å². The predicted molar refractivity (Wildman–Crippen MR) is 67.7 cm³/mol. The third-order valence-corrected chi connectivity index (χ3v) is 4.92. The molecule has 0 aliphatic heterocycles. The SMILES string of the molecule is Cc1cc(C)c(S(=O)(=O)OCCCl)cc1S(=O)(=O)[O-].[Na+]. The van der Waals surface area contributed by atoms with Crippen molar-refractivity contribution in [1.82, 2.24) is 0 Å². The van der Waals surface area contributed by atoms with Crippen LogP contribution in [0.4, 0.5) is 0 Å². The smallest absolute Gasteiger partial charge is 0.744 e. The Hall–Kier alpha value is 0.330. The van der Waals surface area contributed by atoms with E-state index in [-0.39, 0.29) is 52.5 Å². The van der Waals surface area contributed by atoms with Crippen molar-refractivity contribution >= 4 is 31.8 Å². The summed E-state index contributed by atoms with van der Waals surface area (Å²) in [5.41, 5.74) is 0.475. The second kappa shape index (κ2) is 7.55. The Kier molecular flexibility index (Phi) is 7.67. The van der Waals surface area contributed by atoms with Gasteiger partial charge < -0.3 is 4.55 Å². The summed E-state index contributed by atoms with van der Waals surface area (Å²) in [5, 5.41) is 0. The standard InChI is InChI=1S/C10H13ClO6S2.Na/c1-7-5-8(2)10(6-9(7)18(12,13)14)19(15,16)17-4-3-11;/h5-6H,3-4H2,1-2H3,(H,12,13,14);/q;+1/p-1. The van der Waals surface area contributed by atoms with E-state index in [0.29, 0.717) is 5.56 Å². The van der Waals surface area contributed by atoms with Gasteiger partial charge in [0.1, 0.15) is 10.1 Å². The first kappa shape index (κ1) is 20.3. The van der Waals surface area contributed by atoms with Gasteiger partial charge in [0.2, 0.25) is 0 Å². The van der Waals surface area contributed by atoms with Gasteiger partial charge in [-0.05, 0) is 31.0 Å². The molecule has 0 amide bonds. The minimum atomic E-state index is -4.75. The predicted octanol–water partition coefficient (Wildman–Crippen LogP) is -1.84. The van der Waals surface area contributed by atoms with E-state index < -0.39 is 25.1 Å². The summed E-state index contributed by atoms with van der Waals surface area (Å²) in [7, 11) is -8.89. The molecule has 0 aliphatic carbocycles. The number of hydrogen-bond acceptors (Lipinski definition) is 6. The summed E-state index contributed by atoms with van der Waals surface area (Å²) < 4.78 is 61.4. The summed E-state index contributed by atoms with van der Waals surface area (Å²) in [6.45, 7) is 2.65. The van der Waals surface area contributed by atoms with Crippen LogP contribution in [0.15, 0.2) is 21.9 Å². The van der Waals surface area contributed by atoms with Crippen molar-refractivity contribution in [2.45, 2.75) is 23.6 Å². The molecule has 0 fully saturated rings. The first-order chi connectivity index (χ1) is 8.59. The van der Waals surface area contributed by atoms with Crippen LogP contribution < -0.4 is 29.6 Å². The van der Waals surface area contributed by atoms with E-state index in [4.69, 9.17) is 11.6 Å². The largest absolute Gasteiger partial charge is 1.00 e. The zero-order valence-corrected chi connectivity index (χ0v) is 15.6. The van der Waals surface area contributed by atoms with E-state index in [1.54, 1.807) is 0 Å². The Bertz CT molecular complexity index is 684. The van der Waals surface area contributed by atoms with Gasteiger partial charge in [-0.3, -0.25) is 4.18 Å². The molecule has 1 rings (SSSR count). The Morgan fingerprint density at radius 2 is 1.60 bits per heavy atom. The molecule has 0 bridgehead atoms. The monoisotopic (exact) mass is 350 g/mol. The van der Waals surface area contributed by atoms with Crippen molar-refractivity contribution in [3.8, 4) is 0 Å². The van der Waals surface area contributed by atoms with Gasteiger partial charge in [0.15, 0.2) is 0 Å². The fraction of sp³-hybridized carbons (Fsp3) is 0.400. The molecule has 0 unspecified atom stereocenters. The van der Waals surface area contributed by atoms with E-state index in [2.05, 4.69) is 4.18 Å². The third-order valence-electron chi connectivity index (χ3n) is 2.33. The van der Waals surface area contributed by atoms with Gasteiger partial charge in [0.25, 0.3) is 10.1 Å². The van der Waals surface area contributed by atoms with E-state index >= 15 is 0 Å². The van der Waals surface area contributed by atoms with Crippen LogP contribution in [0.25, 0.3) is 0 Å². The second-order valence-corrected chi connectivity index (χ2v) is 7.11. The first-order valence-corrected chi connectivity index (χ1v) is 8.47. The molecule has 0 saturated carbocycles. The van der Waals surface area contributed by atoms with E-state index in [1.165, 1.54) is 19.9 Å². The molecule has 0 saturated heterocycles. The Balaban J connectivity index is 0.00000361. The van der Waals surface area contributed by atoms with Gasteiger partial charge in [0, 0.05) is 5.88 Å². The number of aryl methyl sites for hydroxylation is 2. The van der Waals surface area contributed by atoms with E-state index in [9.17, 15) is 21.4 Å². The zero-order chi connectivity index (χ0) is 14.8. The molecule has 0 aromatic heterocycles. The summed E-state index contributed by atoms with van der Waals surface area (Å²) in [5.74, 6) is -0.0309. The third kappa shape index (κ3) is 4.96. The van der Waals surface area contributed by atoms with Crippen LogP contribution in [0.5, 0.6) is 0 Å². The molecule has 1 aromatic rings. The Morgan fingerprint density at radius 1 is 1.10 bits per heavy atom. The van der Waals surface area contributed by atoms with Crippen LogP contribution in [0.3, 0.4) is 0 Å². The molecule has 0 aliphatic rings. The molecule has 6 nitrogen and oxygen atoms in total. The van der Waals surface area contributed by atoms with Gasteiger partial charge in [-0.25, -0.2) is 8.42 Å². The molecule has 0 atom stereocenters. The van der Waals surface area contributed by atoms with Crippen molar-refractivity contribution in [2.24, 2.45) is 0 Å². The number of rotatable bonds is 5. The molecule has 1 aromatic carbocycles. The maximum atomic E-state index is 11.8. The summed E-state index contributed by atoms with van der Waals surface area (Å²) >= 11 is 5.33. The summed E-state index contributed by atoms with van der Waals surface area (Å²) in [4.78, 5) is -0.927. The van der Waals surface area contributed by atoms with Crippen molar-refractivity contribution in [1.29, 1.82) is 0 Å². The van der Waals surface area contributed by atoms with Crippen molar-refractivity contribution in [3.63, 3.8) is 0 Å². The number of alkyl halides is 1. The van der Waals surface area contributed by atoms with Crippen molar-refractivity contribution < 1.29 is 55.1 Å². The number of hydrogen-bond donors (Lipinski definition) is 0. The molecule has 0 radical (unpaired) electrons. The average Bonchev–Trinajstić information content (AvgIpc) is 2.24. The van der Waals surface area contributed by atoms with Gasteiger partial charge in [0.05, 0.1) is 16.4 Å².